The van der Waals surface area contributed by atoms with Gasteiger partial charge in [0.2, 0.25) is 0 Å². The number of esters is 1. The third kappa shape index (κ3) is 3.15. The van der Waals surface area contributed by atoms with Crippen LogP contribution in [0.4, 0.5) is 4.39 Å². The van der Waals surface area contributed by atoms with E-state index in [0.717, 1.165) is 23.7 Å². The van der Waals surface area contributed by atoms with Crippen LogP contribution in [0.2, 0.25) is 0 Å². The number of carbonyl (C=O) groups excluding carboxylic acids is 1. The molecule has 0 aliphatic heterocycles. The molecule has 1 aromatic rings. The lowest BCUT2D eigenvalue weighted by Crippen LogP contribution is -2.46. The second-order valence-electron chi connectivity index (χ2n) is 4.96. The molecular weight excluding hydrogens is 313 g/mol. The van der Waals surface area contributed by atoms with Gasteiger partial charge in [-0.2, -0.15) is 0 Å². The number of methoxy groups -OCH3 is 1. The van der Waals surface area contributed by atoms with Crippen molar-refractivity contribution in [2.24, 2.45) is 5.41 Å². The molecule has 0 saturated heterocycles. The third-order valence-corrected chi connectivity index (χ3v) is 4.21. The topological polar surface area (TPSA) is 38.3 Å². The van der Waals surface area contributed by atoms with Gasteiger partial charge in [-0.3, -0.25) is 4.79 Å². The molecule has 1 N–H and O–H groups in total. The average molecular weight is 330 g/mol. The maximum absolute atomic E-state index is 13.6. The van der Waals surface area contributed by atoms with Crippen molar-refractivity contribution in [1.82, 2.24) is 5.32 Å². The van der Waals surface area contributed by atoms with Gasteiger partial charge in [-0.15, -0.1) is 0 Å². The number of nitrogens with one attached hydrogen (secondary N) is 1. The minimum Gasteiger partial charge on any atom is -0.469 e. The van der Waals surface area contributed by atoms with Crippen LogP contribution in [0.3, 0.4) is 0 Å². The van der Waals surface area contributed by atoms with E-state index >= 15 is 0 Å². The SMILES string of the molecule is COC(=O)C1(CNCc2cc(Br)ccc2F)CCC1. The monoisotopic (exact) mass is 329 g/mol. The molecule has 5 heteroatoms. The van der Waals surface area contributed by atoms with Crippen molar-refractivity contribution in [2.75, 3.05) is 13.7 Å². The van der Waals surface area contributed by atoms with Crippen LogP contribution in [0, 0.1) is 11.2 Å². The number of rotatable bonds is 5. The van der Waals surface area contributed by atoms with Gasteiger partial charge in [0.1, 0.15) is 5.82 Å². The van der Waals surface area contributed by atoms with Gasteiger partial charge in [-0.05, 0) is 31.0 Å². The molecule has 104 valence electrons. The number of carbonyl (C=O) groups is 1. The number of hydrogen-bond acceptors (Lipinski definition) is 3. The number of ether oxygens (including phenoxy) is 1. The Hall–Kier alpha value is -0.940. The van der Waals surface area contributed by atoms with Gasteiger partial charge in [0.25, 0.3) is 0 Å². The molecule has 1 saturated carbocycles. The summed E-state index contributed by atoms with van der Waals surface area (Å²) in [5, 5.41) is 3.17. The Morgan fingerprint density at radius 2 is 2.26 bits per heavy atom. The Balaban J connectivity index is 1.92. The van der Waals surface area contributed by atoms with Crippen LogP contribution in [0.15, 0.2) is 22.7 Å². The lowest BCUT2D eigenvalue weighted by Gasteiger charge is -2.39. The number of hydrogen-bond donors (Lipinski definition) is 1. The molecular formula is C14H17BrFNO2. The molecule has 1 aromatic carbocycles. The molecule has 1 aliphatic carbocycles. The zero-order valence-corrected chi connectivity index (χ0v) is 12.4. The summed E-state index contributed by atoms with van der Waals surface area (Å²) in [5.41, 5.74) is 0.186. The van der Waals surface area contributed by atoms with Crippen LogP contribution in [0.25, 0.3) is 0 Å². The highest BCUT2D eigenvalue weighted by molar-refractivity contribution is 9.10. The van der Waals surface area contributed by atoms with Crippen molar-refractivity contribution >= 4 is 21.9 Å². The zero-order chi connectivity index (χ0) is 13.9. The van der Waals surface area contributed by atoms with E-state index in [2.05, 4.69) is 21.2 Å². The molecule has 0 heterocycles. The van der Waals surface area contributed by atoms with Crippen molar-refractivity contribution in [3.05, 3.63) is 34.1 Å². The van der Waals surface area contributed by atoms with E-state index in [1.54, 1.807) is 12.1 Å². The van der Waals surface area contributed by atoms with Crippen LogP contribution in [-0.2, 0) is 16.1 Å². The van der Waals surface area contributed by atoms with Crippen molar-refractivity contribution in [3.63, 3.8) is 0 Å². The fourth-order valence-corrected chi connectivity index (χ4v) is 2.80. The first kappa shape index (κ1) is 14.5. The normalized spacial score (nSPS) is 16.8. The Kier molecular flexibility index (Phi) is 4.58. The molecule has 0 bridgehead atoms. The van der Waals surface area contributed by atoms with E-state index in [0.29, 0.717) is 18.7 Å². The van der Waals surface area contributed by atoms with Gasteiger partial charge < -0.3 is 10.1 Å². The van der Waals surface area contributed by atoms with E-state index < -0.39 is 5.41 Å². The van der Waals surface area contributed by atoms with E-state index in [1.807, 2.05) is 0 Å². The maximum atomic E-state index is 13.6. The first-order valence-electron chi connectivity index (χ1n) is 6.30. The molecule has 0 radical (unpaired) electrons. The highest BCUT2D eigenvalue weighted by Gasteiger charge is 2.44. The van der Waals surface area contributed by atoms with Crippen LogP contribution in [0.1, 0.15) is 24.8 Å². The molecule has 3 nitrogen and oxygen atoms in total. The van der Waals surface area contributed by atoms with E-state index in [9.17, 15) is 9.18 Å². The predicted octanol–water partition coefficient (Wildman–Crippen LogP) is 3.02. The van der Waals surface area contributed by atoms with Crippen molar-refractivity contribution in [3.8, 4) is 0 Å². The quantitative estimate of drug-likeness (QED) is 0.844. The molecule has 0 amide bonds. The van der Waals surface area contributed by atoms with Crippen LogP contribution >= 0.6 is 15.9 Å². The summed E-state index contributed by atoms with van der Waals surface area (Å²) in [7, 11) is 1.41. The van der Waals surface area contributed by atoms with Gasteiger partial charge in [-0.25, -0.2) is 4.39 Å². The van der Waals surface area contributed by atoms with Gasteiger partial charge in [0.15, 0.2) is 0 Å². The second-order valence-corrected chi connectivity index (χ2v) is 5.88. The fraction of sp³-hybridized carbons (Fsp3) is 0.500. The molecule has 0 unspecified atom stereocenters. The highest BCUT2D eigenvalue weighted by Crippen LogP contribution is 2.41. The first-order valence-corrected chi connectivity index (χ1v) is 7.10. The predicted molar refractivity (Wildman–Crippen MR) is 74.1 cm³/mol. The lowest BCUT2D eigenvalue weighted by molar-refractivity contribution is -0.158. The molecule has 0 spiro atoms. The Morgan fingerprint density at radius 3 is 2.84 bits per heavy atom. The van der Waals surface area contributed by atoms with Gasteiger partial charge in [-0.1, -0.05) is 22.4 Å². The highest BCUT2D eigenvalue weighted by atomic mass is 79.9. The molecule has 0 atom stereocenters. The summed E-state index contributed by atoms with van der Waals surface area (Å²) in [6, 6.07) is 4.84. The smallest absolute Gasteiger partial charge is 0.313 e. The van der Waals surface area contributed by atoms with Crippen LogP contribution < -0.4 is 5.32 Å². The Bertz CT molecular complexity index is 475. The van der Waals surface area contributed by atoms with Crippen molar-refractivity contribution in [2.45, 2.75) is 25.8 Å². The molecule has 0 aromatic heterocycles. The van der Waals surface area contributed by atoms with E-state index in [1.165, 1.54) is 13.2 Å². The maximum Gasteiger partial charge on any atom is 0.313 e. The van der Waals surface area contributed by atoms with E-state index in [4.69, 9.17) is 4.74 Å². The van der Waals surface area contributed by atoms with Crippen molar-refractivity contribution in [1.29, 1.82) is 0 Å². The minimum atomic E-state index is -0.406. The second kappa shape index (κ2) is 6.01. The van der Waals surface area contributed by atoms with Crippen molar-refractivity contribution < 1.29 is 13.9 Å². The molecule has 2 rings (SSSR count). The van der Waals surface area contributed by atoms with Gasteiger partial charge in [0, 0.05) is 23.1 Å². The average Bonchev–Trinajstić information content (AvgIpc) is 2.35. The molecule has 1 fully saturated rings. The van der Waals surface area contributed by atoms with Gasteiger partial charge in [0.05, 0.1) is 12.5 Å². The molecule has 19 heavy (non-hydrogen) atoms. The van der Waals surface area contributed by atoms with Crippen LogP contribution in [-0.4, -0.2) is 19.6 Å². The standard InChI is InChI=1S/C14H17BrFNO2/c1-19-13(18)14(5-2-6-14)9-17-8-10-7-11(15)3-4-12(10)16/h3-4,7,17H,2,5-6,8-9H2,1H3. The summed E-state index contributed by atoms with van der Waals surface area (Å²) in [6.45, 7) is 0.940. The number of benzene rings is 1. The van der Waals surface area contributed by atoms with Gasteiger partial charge >= 0.3 is 5.97 Å². The third-order valence-electron chi connectivity index (χ3n) is 3.72. The summed E-state index contributed by atoms with van der Waals surface area (Å²) in [5.74, 6) is -0.405. The zero-order valence-electron chi connectivity index (χ0n) is 10.8. The minimum absolute atomic E-state index is 0.166. The summed E-state index contributed by atoms with van der Waals surface area (Å²) < 4.78 is 19.2. The summed E-state index contributed by atoms with van der Waals surface area (Å²) >= 11 is 3.32. The van der Waals surface area contributed by atoms with Crippen LogP contribution in [0.5, 0.6) is 0 Å². The molecule has 1 aliphatic rings. The lowest BCUT2D eigenvalue weighted by atomic mass is 9.68. The largest absolute Gasteiger partial charge is 0.469 e. The Labute approximate surface area is 120 Å². The van der Waals surface area contributed by atoms with E-state index in [-0.39, 0.29) is 11.8 Å². The fourth-order valence-electron chi connectivity index (χ4n) is 2.39. The Morgan fingerprint density at radius 1 is 1.53 bits per heavy atom. The first-order chi connectivity index (χ1) is 9.07. The summed E-state index contributed by atoms with van der Waals surface area (Å²) in [6.07, 6.45) is 2.73. The number of halogens is 2. The summed E-state index contributed by atoms with van der Waals surface area (Å²) in [4.78, 5) is 11.7.